The van der Waals surface area contributed by atoms with Crippen LogP contribution in [0.5, 0.6) is 5.75 Å². The molecular formula is C21H22Cl2N3O3S+. The van der Waals surface area contributed by atoms with Crippen LogP contribution in [0, 0.1) is 6.92 Å². The first-order valence-electron chi connectivity index (χ1n) is 9.49. The molecule has 0 unspecified atom stereocenters. The van der Waals surface area contributed by atoms with E-state index in [1.807, 2.05) is 48.3 Å². The average molecular weight is 467 g/mol. The number of rotatable bonds is 5. The normalized spacial score (nSPS) is 15.5. The summed E-state index contributed by atoms with van der Waals surface area (Å²) < 4.78 is 35.6. The molecule has 1 aliphatic heterocycles. The Kier molecular flexibility index (Phi) is 5.70. The molecule has 1 saturated heterocycles. The van der Waals surface area contributed by atoms with E-state index in [1.165, 1.54) is 4.31 Å². The highest BCUT2D eigenvalue weighted by Gasteiger charge is 2.29. The second kappa shape index (κ2) is 8.13. The minimum Gasteiger partial charge on any atom is -0.492 e. The van der Waals surface area contributed by atoms with Gasteiger partial charge in [0.25, 0.3) is 0 Å². The fourth-order valence-electron chi connectivity index (χ4n) is 3.65. The largest absolute Gasteiger partial charge is 0.492 e. The molecule has 0 radical (unpaired) electrons. The molecule has 0 aliphatic carbocycles. The fraction of sp³-hybridized carbons (Fsp3) is 0.286. The van der Waals surface area contributed by atoms with Crippen molar-refractivity contribution in [1.29, 1.82) is 0 Å². The molecule has 1 aromatic heterocycles. The van der Waals surface area contributed by atoms with Crippen LogP contribution in [-0.2, 0) is 16.6 Å². The molecule has 158 valence electrons. The molecule has 6 nitrogen and oxygen atoms in total. The minimum absolute atomic E-state index is 0.183. The summed E-state index contributed by atoms with van der Waals surface area (Å²) in [5.41, 5.74) is 3.54. The maximum Gasteiger partial charge on any atom is 0.249 e. The van der Waals surface area contributed by atoms with Gasteiger partial charge in [-0.25, -0.2) is 13.0 Å². The standard InChI is InChI=1S/C21H22Cl2N3O3S/c1-15-12-25(14-24(15)13-16-4-6-18(22)19(23)10-16)20-7-5-17(11-21(20)29-2)26-8-3-9-30(26,27)28/h4-7,10-12,14H,3,8-9,13H2,1-2H3/q+1. The molecular weight excluding hydrogens is 445 g/mol. The molecule has 0 saturated carbocycles. The number of aromatic nitrogens is 2. The number of anilines is 1. The zero-order valence-corrected chi connectivity index (χ0v) is 19.0. The molecule has 30 heavy (non-hydrogen) atoms. The number of halogens is 2. The van der Waals surface area contributed by atoms with Gasteiger partial charge in [-0.2, -0.15) is 4.57 Å². The van der Waals surface area contributed by atoms with Gasteiger partial charge >= 0.3 is 0 Å². The second-order valence-electron chi connectivity index (χ2n) is 7.27. The van der Waals surface area contributed by atoms with E-state index >= 15 is 0 Å². The van der Waals surface area contributed by atoms with E-state index in [4.69, 9.17) is 27.9 Å². The van der Waals surface area contributed by atoms with Crippen LogP contribution in [0.2, 0.25) is 10.0 Å². The van der Waals surface area contributed by atoms with Crippen LogP contribution >= 0.6 is 23.2 Å². The lowest BCUT2D eigenvalue weighted by molar-refractivity contribution is -0.595. The predicted octanol–water partition coefficient (Wildman–Crippen LogP) is 3.98. The molecule has 0 N–H and O–H groups in total. The lowest BCUT2D eigenvalue weighted by Gasteiger charge is -2.18. The van der Waals surface area contributed by atoms with E-state index in [0.29, 0.717) is 41.0 Å². The van der Waals surface area contributed by atoms with Crippen LogP contribution in [0.3, 0.4) is 0 Å². The van der Waals surface area contributed by atoms with Crippen molar-refractivity contribution in [3.05, 3.63) is 70.2 Å². The summed E-state index contributed by atoms with van der Waals surface area (Å²) >= 11 is 12.2. The van der Waals surface area contributed by atoms with Crippen molar-refractivity contribution in [2.75, 3.05) is 23.7 Å². The van der Waals surface area contributed by atoms with Gasteiger partial charge in [-0.1, -0.05) is 29.3 Å². The summed E-state index contributed by atoms with van der Waals surface area (Å²) in [4.78, 5) is 0. The average Bonchev–Trinajstić information content (AvgIpc) is 3.25. The first-order valence-corrected chi connectivity index (χ1v) is 11.9. The van der Waals surface area contributed by atoms with Gasteiger partial charge in [-0.05, 0) is 36.2 Å². The van der Waals surface area contributed by atoms with E-state index in [1.54, 1.807) is 19.2 Å². The number of sulfonamides is 1. The van der Waals surface area contributed by atoms with Gasteiger partial charge in [-0.3, -0.25) is 4.31 Å². The number of benzene rings is 2. The zero-order valence-electron chi connectivity index (χ0n) is 16.7. The number of aryl methyl sites for hydroxylation is 1. The Hall–Kier alpha value is -2.22. The molecule has 2 heterocycles. The monoisotopic (exact) mass is 466 g/mol. The third-order valence-electron chi connectivity index (χ3n) is 5.21. The Morgan fingerprint density at radius 3 is 2.60 bits per heavy atom. The Morgan fingerprint density at radius 1 is 1.13 bits per heavy atom. The van der Waals surface area contributed by atoms with E-state index in [2.05, 4.69) is 4.57 Å². The molecule has 3 aromatic rings. The van der Waals surface area contributed by atoms with Gasteiger partial charge in [0.15, 0.2) is 11.4 Å². The molecule has 4 rings (SSSR count). The fourth-order valence-corrected chi connectivity index (χ4v) is 5.52. The summed E-state index contributed by atoms with van der Waals surface area (Å²) in [6.07, 6.45) is 4.61. The molecule has 0 amide bonds. The summed E-state index contributed by atoms with van der Waals surface area (Å²) in [6, 6.07) is 11.1. The van der Waals surface area contributed by atoms with E-state index < -0.39 is 10.0 Å². The van der Waals surface area contributed by atoms with Crippen molar-refractivity contribution < 1.29 is 17.7 Å². The van der Waals surface area contributed by atoms with Crippen LogP contribution < -0.4 is 13.6 Å². The van der Waals surface area contributed by atoms with Crippen molar-refractivity contribution in [3.8, 4) is 11.4 Å². The number of nitrogens with zero attached hydrogens (tertiary/aromatic N) is 3. The molecule has 1 aliphatic rings. The van der Waals surface area contributed by atoms with Crippen molar-refractivity contribution in [2.45, 2.75) is 19.9 Å². The number of hydrogen-bond acceptors (Lipinski definition) is 3. The Morgan fingerprint density at radius 2 is 1.93 bits per heavy atom. The Bertz CT molecular complexity index is 1210. The summed E-state index contributed by atoms with van der Waals surface area (Å²) in [5, 5.41) is 1.06. The van der Waals surface area contributed by atoms with Crippen LogP contribution in [0.15, 0.2) is 48.9 Å². The number of methoxy groups -OCH3 is 1. The molecule has 0 spiro atoms. The van der Waals surface area contributed by atoms with Crippen LogP contribution in [0.4, 0.5) is 5.69 Å². The summed E-state index contributed by atoms with van der Waals surface area (Å²) in [5.74, 6) is 0.786. The molecule has 2 aromatic carbocycles. The first kappa shape index (κ1) is 21.0. The van der Waals surface area contributed by atoms with Gasteiger partial charge in [0.05, 0.1) is 28.6 Å². The van der Waals surface area contributed by atoms with Crippen LogP contribution in [0.1, 0.15) is 17.7 Å². The quantitative estimate of drug-likeness (QED) is 0.534. The van der Waals surface area contributed by atoms with E-state index in [-0.39, 0.29) is 5.75 Å². The highest BCUT2D eigenvalue weighted by molar-refractivity contribution is 7.93. The van der Waals surface area contributed by atoms with Crippen molar-refractivity contribution >= 4 is 38.9 Å². The second-order valence-corrected chi connectivity index (χ2v) is 10.1. The molecule has 0 bridgehead atoms. The van der Waals surface area contributed by atoms with Crippen molar-refractivity contribution in [1.82, 2.24) is 4.57 Å². The third kappa shape index (κ3) is 4.02. The minimum atomic E-state index is -3.24. The lowest BCUT2D eigenvalue weighted by Crippen LogP contribution is -2.29. The van der Waals surface area contributed by atoms with Gasteiger partial charge in [0.2, 0.25) is 16.4 Å². The highest BCUT2D eigenvalue weighted by atomic mass is 35.5. The molecule has 1 fully saturated rings. The van der Waals surface area contributed by atoms with Crippen molar-refractivity contribution in [3.63, 3.8) is 0 Å². The SMILES string of the molecule is COc1cc(N2CCCS2(=O)=O)ccc1-[n+]1cc(C)n(Cc2ccc(Cl)c(Cl)c2)c1. The third-order valence-corrected chi connectivity index (χ3v) is 7.82. The Labute approximate surface area is 186 Å². The molecule has 9 heteroatoms. The van der Waals surface area contributed by atoms with Crippen molar-refractivity contribution in [2.24, 2.45) is 0 Å². The topological polar surface area (TPSA) is 55.4 Å². The molecule has 0 atom stereocenters. The van der Waals surface area contributed by atoms with Gasteiger partial charge in [0, 0.05) is 19.5 Å². The van der Waals surface area contributed by atoms with Gasteiger partial charge in [-0.15, -0.1) is 0 Å². The zero-order chi connectivity index (χ0) is 21.5. The lowest BCUT2D eigenvalue weighted by atomic mass is 10.2. The van der Waals surface area contributed by atoms with Crippen LogP contribution in [-0.4, -0.2) is 32.4 Å². The smallest absolute Gasteiger partial charge is 0.249 e. The number of imidazole rings is 1. The summed E-state index contributed by atoms with van der Waals surface area (Å²) in [7, 11) is -1.66. The van der Waals surface area contributed by atoms with Gasteiger partial charge < -0.3 is 4.74 Å². The highest BCUT2D eigenvalue weighted by Crippen LogP contribution is 2.30. The van der Waals surface area contributed by atoms with E-state index in [9.17, 15) is 8.42 Å². The maximum absolute atomic E-state index is 12.2. The Balaban J connectivity index is 1.65. The van der Waals surface area contributed by atoms with Gasteiger partial charge in [0.1, 0.15) is 18.4 Å². The maximum atomic E-state index is 12.2. The van der Waals surface area contributed by atoms with Crippen LogP contribution in [0.25, 0.3) is 5.69 Å². The number of hydrogen-bond donors (Lipinski definition) is 0. The first-order chi connectivity index (χ1) is 14.3. The summed E-state index contributed by atoms with van der Waals surface area (Å²) in [6.45, 7) is 3.16. The number of ether oxygens (including phenoxy) is 1. The van der Waals surface area contributed by atoms with E-state index in [0.717, 1.165) is 16.9 Å². The predicted molar refractivity (Wildman–Crippen MR) is 119 cm³/mol.